The van der Waals surface area contributed by atoms with Crippen LogP contribution in [0.3, 0.4) is 0 Å². The molecule has 0 atom stereocenters. The number of alkyl halides is 1. The van der Waals surface area contributed by atoms with Gasteiger partial charge in [-0.05, 0) is 24.6 Å². The van der Waals surface area contributed by atoms with Crippen LogP contribution < -0.4 is 4.74 Å². The third-order valence-corrected chi connectivity index (χ3v) is 3.94. The van der Waals surface area contributed by atoms with Crippen molar-refractivity contribution in [2.24, 2.45) is 0 Å². The van der Waals surface area contributed by atoms with E-state index in [-0.39, 0.29) is 0 Å². The molecule has 0 bridgehead atoms. The summed E-state index contributed by atoms with van der Waals surface area (Å²) < 4.78 is 5.67. The fraction of sp³-hybridized carbons (Fsp3) is 0.308. The monoisotopic (exact) mass is 301 g/mol. The lowest BCUT2D eigenvalue weighted by Gasteiger charge is -2.07. The summed E-state index contributed by atoms with van der Waals surface area (Å²) in [6.07, 6.45) is 0.770. The molecule has 0 aliphatic rings. The van der Waals surface area contributed by atoms with E-state index in [9.17, 15) is 0 Å². The largest absolute Gasteiger partial charge is 0.492 e. The highest BCUT2D eigenvalue weighted by molar-refractivity contribution is 7.09. The first-order chi connectivity index (χ1) is 8.69. The number of halogens is 2. The molecule has 0 fully saturated rings. The lowest BCUT2D eigenvalue weighted by atomic mass is 10.2. The van der Waals surface area contributed by atoms with Gasteiger partial charge in [0, 0.05) is 11.8 Å². The molecule has 1 heterocycles. The van der Waals surface area contributed by atoms with Crippen LogP contribution in [0.1, 0.15) is 16.3 Å². The Bertz CT molecular complexity index is 527. The average molecular weight is 302 g/mol. The summed E-state index contributed by atoms with van der Waals surface area (Å²) in [6, 6.07) is 5.75. The summed E-state index contributed by atoms with van der Waals surface area (Å²) in [5.74, 6) is 1.19. The van der Waals surface area contributed by atoms with Crippen LogP contribution in [0.25, 0.3) is 0 Å². The number of rotatable bonds is 5. The van der Waals surface area contributed by atoms with Crippen molar-refractivity contribution >= 4 is 34.5 Å². The van der Waals surface area contributed by atoms with Gasteiger partial charge in [-0.25, -0.2) is 4.98 Å². The first-order valence-electron chi connectivity index (χ1n) is 5.57. The molecule has 0 saturated heterocycles. The maximum Gasteiger partial charge on any atom is 0.138 e. The van der Waals surface area contributed by atoms with E-state index in [1.165, 1.54) is 0 Å². The maximum atomic E-state index is 6.05. The van der Waals surface area contributed by atoms with Crippen LogP contribution in [0.15, 0.2) is 23.6 Å². The molecular formula is C13H13Cl2NOS. The molecule has 0 amide bonds. The van der Waals surface area contributed by atoms with Crippen LogP contribution in [0.4, 0.5) is 0 Å². The fourth-order valence-corrected chi connectivity index (χ4v) is 2.67. The molecule has 0 unspecified atom stereocenters. The number of nitrogens with zero attached hydrogens (tertiary/aromatic N) is 1. The summed E-state index contributed by atoms with van der Waals surface area (Å²) in [7, 11) is 0. The Morgan fingerprint density at radius 1 is 1.39 bits per heavy atom. The third kappa shape index (κ3) is 3.61. The minimum Gasteiger partial charge on any atom is -0.492 e. The van der Waals surface area contributed by atoms with Crippen LogP contribution in [0.2, 0.25) is 5.02 Å². The normalized spacial score (nSPS) is 10.6. The molecule has 2 rings (SSSR count). The molecule has 0 spiro atoms. The molecule has 1 aromatic carbocycles. The molecule has 2 nitrogen and oxygen atoms in total. The van der Waals surface area contributed by atoms with E-state index in [1.54, 1.807) is 11.3 Å². The van der Waals surface area contributed by atoms with E-state index in [4.69, 9.17) is 27.9 Å². The van der Waals surface area contributed by atoms with Crippen molar-refractivity contribution in [3.8, 4) is 5.75 Å². The minimum absolute atomic E-state index is 0.459. The summed E-state index contributed by atoms with van der Waals surface area (Å²) in [6.45, 7) is 2.58. The summed E-state index contributed by atoms with van der Waals surface area (Å²) >= 11 is 13.4. The number of aryl methyl sites for hydroxylation is 1. The van der Waals surface area contributed by atoms with E-state index >= 15 is 0 Å². The van der Waals surface area contributed by atoms with Crippen LogP contribution in [-0.4, -0.2) is 11.6 Å². The van der Waals surface area contributed by atoms with Gasteiger partial charge in [0.2, 0.25) is 0 Å². The Hall–Kier alpha value is -0.770. The van der Waals surface area contributed by atoms with Gasteiger partial charge in [0.1, 0.15) is 5.75 Å². The van der Waals surface area contributed by atoms with E-state index in [1.807, 2.05) is 30.5 Å². The van der Waals surface area contributed by atoms with Gasteiger partial charge in [-0.15, -0.1) is 22.9 Å². The van der Waals surface area contributed by atoms with Crippen molar-refractivity contribution < 1.29 is 4.74 Å². The Morgan fingerprint density at radius 3 is 2.94 bits per heavy atom. The van der Waals surface area contributed by atoms with Gasteiger partial charge in [-0.3, -0.25) is 0 Å². The first-order valence-corrected chi connectivity index (χ1v) is 7.36. The van der Waals surface area contributed by atoms with Crippen LogP contribution in [0.5, 0.6) is 5.75 Å². The smallest absolute Gasteiger partial charge is 0.138 e. The second kappa shape index (κ2) is 6.41. The zero-order chi connectivity index (χ0) is 13.0. The fourth-order valence-electron chi connectivity index (χ4n) is 1.49. The number of aromatic nitrogens is 1. The standard InChI is InChI=1S/C13H13Cl2NOS/c1-9-2-3-11(15)12(6-9)17-5-4-13-16-10(7-14)8-18-13/h2-3,6,8H,4-5,7H2,1H3. The number of hydrogen-bond donors (Lipinski definition) is 0. The van der Waals surface area contributed by atoms with E-state index in [2.05, 4.69) is 4.98 Å². The van der Waals surface area contributed by atoms with Crippen LogP contribution >= 0.6 is 34.5 Å². The molecule has 0 N–H and O–H groups in total. The highest BCUT2D eigenvalue weighted by atomic mass is 35.5. The maximum absolute atomic E-state index is 6.05. The van der Waals surface area contributed by atoms with Crippen molar-refractivity contribution in [1.82, 2.24) is 4.98 Å². The molecule has 5 heteroatoms. The lowest BCUT2D eigenvalue weighted by Crippen LogP contribution is -2.01. The zero-order valence-electron chi connectivity index (χ0n) is 9.95. The molecule has 0 radical (unpaired) electrons. The number of benzene rings is 1. The SMILES string of the molecule is Cc1ccc(Cl)c(OCCc2nc(CCl)cs2)c1. The molecule has 2 aromatic rings. The van der Waals surface area contributed by atoms with Crippen molar-refractivity contribution in [1.29, 1.82) is 0 Å². The van der Waals surface area contributed by atoms with Crippen LogP contribution in [-0.2, 0) is 12.3 Å². The van der Waals surface area contributed by atoms with Gasteiger partial charge in [0.15, 0.2) is 0 Å². The predicted octanol–water partition coefficient (Wildman–Crippen LogP) is 4.47. The predicted molar refractivity (Wildman–Crippen MR) is 77.1 cm³/mol. The van der Waals surface area contributed by atoms with E-state index in [0.29, 0.717) is 17.5 Å². The average Bonchev–Trinajstić information content (AvgIpc) is 2.81. The Morgan fingerprint density at radius 2 is 2.22 bits per heavy atom. The van der Waals surface area contributed by atoms with Gasteiger partial charge in [-0.2, -0.15) is 0 Å². The molecule has 0 saturated carbocycles. The molecule has 0 aliphatic carbocycles. The van der Waals surface area contributed by atoms with Gasteiger partial charge >= 0.3 is 0 Å². The number of ether oxygens (including phenoxy) is 1. The minimum atomic E-state index is 0.459. The topological polar surface area (TPSA) is 22.1 Å². The molecule has 96 valence electrons. The lowest BCUT2D eigenvalue weighted by molar-refractivity contribution is 0.321. The van der Waals surface area contributed by atoms with Gasteiger partial charge < -0.3 is 4.74 Å². The second-order valence-electron chi connectivity index (χ2n) is 3.90. The van der Waals surface area contributed by atoms with Gasteiger partial charge in [-0.1, -0.05) is 17.7 Å². The Balaban J connectivity index is 1.90. The summed E-state index contributed by atoms with van der Waals surface area (Å²) in [5, 5.41) is 3.65. The molecule has 0 aliphatic heterocycles. The zero-order valence-corrected chi connectivity index (χ0v) is 12.3. The molecular weight excluding hydrogens is 289 g/mol. The quantitative estimate of drug-likeness (QED) is 0.760. The summed E-state index contributed by atoms with van der Waals surface area (Å²) in [4.78, 5) is 4.37. The highest BCUT2D eigenvalue weighted by Crippen LogP contribution is 2.25. The Kier molecular flexibility index (Phi) is 4.87. The summed E-state index contributed by atoms with van der Waals surface area (Å²) in [5.41, 5.74) is 2.05. The van der Waals surface area contributed by atoms with Crippen molar-refractivity contribution in [3.05, 3.63) is 44.9 Å². The van der Waals surface area contributed by atoms with Gasteiger partial charge in [0.25, 0.3) is 0 Å². The van der Waals surface area contributed by atoms with E-state index in [0.717, 1.165) is 28.4 Å². The van der Waals surface area contributed by atoms with E-state index < -0.39 is 0 Å². The van der Waals surface area contributed by atoms with Crippen LogP contribution in [0, 0.1) is 6.92 Å². The Labute approximate surface area is 121 Å². The first kappa shape index (κ1) is 13.7. The van der Waals surface area contributed by atoms with Crippen molar-refractivity contribution in [2.45, 2.75) is 19.2 Å². The third-order valence-electron chi connectivity index (χ3n) is 2.40. The van der Waals surface area contributed by atoms with Crippen molar-refractivity contribution in [3.63, 3.8) is 0 Å². The second-order valence-corrected chi connectivity index (χ2v) is 5.52. The number of hydrogen-bond acceptors (Lipinski definition) is 3. The highest BCUT2D eigenvalue weighted by Gasteiger charge is 2.04. The van der Waals surface area contributed by atoms with Gasteiger partial charge in [0.05, 0.1) is 28.2 Å². The molecule has 1 aromatic heterocycles. The molecule has 18 heavy (non-hydrogen) atoms. The number of thiazole rings is 1. The van der Waals surface area contributed by atoms with Crippen molar-refractivity contribution in [2.75, 3.05) is 6.61 Å².